The summed E-state index contributed by atoms with van der Waals surface area (Å²) in [5.41, 5.74) is 4.18. The van der Waals surface area contributed by atoms with E-state index in [0.29, 0.717) is 16.5 Å². The minimum Gasteiger partial charge on any atom is -0.490 e. The molecule has 1 atom stereocenters. The Kier molecular flexibility index (Phi) is 7.77. The molecule has 0 saturated carbocycles. The summed E-state index contributed by atoms with van der Waals surface area (Å²) in [6.07, 6.45) is 3.08. The number of carbonyl (C=O) groups is 1. The standard InChI is InChI=1S/C30H33ClN4O2/c1-19(2)17-28(24-5-3-4-6-26(24)31)33-30(36)21-9-12-27-25(18-21)29(35-34-27)20-7-10-22(11-8-20)37-23-13-15-32-16-14-23/h3-12,18-19,23,28,32H,13-17H2,1-2H3,(H,33,36)(H,34,35). The van der Waals surface area contributed by atoms with Gasteiger partial charge in [0.25, 0.3) is 5.91 Å². The largest absolute Gasteiger partial charge is 0.490 e. The molecule has 1 fully saturated rings. The molecule has 1 unspecified atom stereocenters. The lowest BCUT2D eigenvalue weighted by Crippen LogP contribution is -2.34. The van der Waals surface area contributed by atoms with Crippen molar-refractivity contribution in [3.8, 4) is 17.0 Å². The van der Waals surface area contributed by atoms with Gasteiger partial charge in [-0.25, -0.2) is 0 Å². The highest BCUT2D eigenvalue weighted by Gasteiger charge is 2.20. The summed E-state index contributed by atoms with van der Waals surface area (Å²) in [5, 5.41) is 15.8. The van der Waals surface area contributed by atoms with Gasteiger partial charge in [-0.2, -0.15) is 5.10 Å². The van der Waals surface area contributed by atoms with E-state index in [-0.39, 0.29) is 18.1 Å². The number of carbonyl (C=O) groups excluding carboxylic acids is 1. The zero-order chi connectivity index (χ0) is 25.8. The third-order valence-electron chi connectivity index (χ3n) is 6.83. The number of H-pyrrole nitrogens is 1. The molecule has 0 spiro atoms. The Labute approximate surface area is 222 Å². The van der Waals surface area contributed by atoms with E-state index in [1.54, 1.807) is 0 Å². The zero-order valence-electron chi connectivity index (χ0n) is 21.3. The average Bonchev–Trinajstić information content (AvgIpc) is 3.33. The van der Waals surface area contributed by atoms with Crippen LogP contribution in [0, 0.1) is 5.92 Å². The first-order valence-corrected chi connectivity index (χ1v) is 13.4. The molecule has 0 aliphatic carbocycles. The number of aromatic amines is 1. The average molecular weight is 517 g/mol. The van der Waals surface area contributed by atoms with Gasteiger partial charge in [0.1, 0.15) is 11.9 Å². The molecule has 1 aromatic heterocycles. The van der Waals surface area contributed by atoms with Gasteiger partial charge in [0.2, 0.25) is 0 Å². The van der Waals surface area contributed by atoms with E-state index < -0.39 is 0 Å². The van der Waals surface area contributed by atoms with Gasteiger partial charge in [-0.15, -0.1) is 0 Å². The number of fused-ring (bicyclic) bond motifs is 1. The van der Waals surface area contributed by atoms with Crippen LogP contribution in [0.4, 0.5) is 0 Å². The van der Waals surface area contributed by atoms with Gasteiger partial charge >= 0.3 is 0 Å². The lowest BCUT2D eigenvalue weighted by atomic mass is 9.96. The summed E-state index contributed by atoms with van der Waals surface area (Å²) >= 11 is 6.47. The number of piperidine rings is 1. The molecule has 6 nitrogen and oxygen atoms in total. The Bertz CT molecular complexity index is 1360. The number of benzene rings is 3. The lowest BCUT2D eigenvalue weighted by Gasteiger charge is -2.23. The minimum absolute atomic E-state index is 0.134. The third kappa shape index (κ3) is 5.97. The molecule has 1 aliphatic heterocycles. The van der Waals surface area contributed by atoms with Crippen LogP contribution in [0.15, 0.2) is 66.7 Å². The maximum Gasteiger partial charge on any atom is 0.251 e. The fraction of sp³-hybridized carbons (Fsp3) is 0.333. The number of nitrogens with zero attached hydrogens (tertiary/aromatic N) is 1. The van der Waals surface area contributed by atoms with Gasteiger partial charge in [0, 0.05) is 21.5 Å². The topological polar surface area (TPSA) is 79.0 Å². The van der Waals surface area contributed by atoms with Gasteiger partial charge in [0.15, 0.2) is 0 Å². The summed E-state index contributed by atoms with van der Waals surface area (Å²) in [6.45, 7) is 6.27. The first kappa shape index (κ1) is 25.3. The smallest absolute Gasteiger partial charge is 0.251 e. The van der Waals surface area contributed by atoms with Crippen LogP contribution in [-0.4, -0.2) is 35.3 Å². The van der Waals surface area contributed by atoms with Crippen molar-refractivity contribution < 1.29 is 9.53 Å². The number of aromatic nitrogens is 2. The van der Waals surface area contributed by atoms with Crippen molar-refractivity contribution in [2.24, 2.45) is 5.92 Å². The van der Waals surface area contributed by atoms with E-state index >= 15 is 0 Å². The Hall–Kier alpha value is -3.35. The van der Waals surface area contributed by atoms with E-state index in [2.05, 4.69) is 34.7 Å². The van der Waals surface area contributed by atoms with E-state index in [1.165, 1.54) is 0 Å². The van der Waals surface area contributed by atoms with Crippen LogP contribution >= 0.6 is 11.6 Å². The Balaban J connectivity index is 1.36. The second kappa shape index (κ2) is 11.4. The second-order valence-electron chi connectivity index (χ2n) is 10.1. The molecule has 37 heavy (non-hydrogen) atoms. The number of hydrogen-bond acceptors (Lipinski definition) is 4. The van der Waals surface area contributed by atoms with E-state index in [9.17, 15) is 4.79 Å². The van der Waals surface area contributed by atoms with Crippen molar-refractivity contribution in [3.63, 3.8) is 0 Å². The molecule has 3 N–H and O–H groups in total. The molecule has 192 valence electrons. The third-order valence-corrected chi connectivity index (χ3v) is 7.18. The van der Waals surface area contributed by atoms with E-state index in [4.69, 9.17) is 16.3 Å². The maximum absolute atomic E-state index is 13.4. The Morgan fingerprint density at radius 1 is 1.08 bits per heavy atom. The van der Waals surface area contributed by atoms with Crippen LogP contribution in [0.5, 0.6) is 5.75 Å². The second-order valence-corrected chi connectivity index (χ2v) is 10.5. The van der Waals surface area contributed by atoms with Crippen LogP contribution in [0.1, 0.15) is 55.1 Å². The highest BCUT2D eigenvalue weighted by atomic mass is 35.5. The zero-order valence-corrected chi connectivity index (χ0v) is 22.0. The van der Waals surface area contributed by atoms with E-state index in [1.807, 2.05) is 66.7 Å². The van der Waals surface area contributed by atoms with Gasteiger partial charge in [0.05, 0.1) is 17.3 Å². The quantitative estimate of drug-likeness (QED) is 0.249. The summed E-state index contributed by atoms with van der Waals surface area (Å²) in [5.74, 6) is 1.13. The van der Waals surface area contributed by atoms with E-state index in [0.717, 1.165) is 65.8 Å². The van der Waals surface area contributed by atoms with Gasteiger partial charge in [-0.1, -0.05) is 43.6 Å². The Morgan fingerprint density at radius 3 is 2.57 bits per heavy atom. The Morgan fingerprint density at radius 2 is 1.84 bits per heavy atom. The van der Waals surface area contributed by atoms with Crippen LogP contribution in [-0.2, 0) is 0 Å². The number of rotatable bonds is 8. The van der Waals surface area contributed by atoms with Gasteiger partial charge in [-0.3, -0.25) is 9.89 Å². The van der Waals surface area contributed by atoms with Crippen molar-refractivity contribution in [1.29, 1.82) is 0 Å². The van der Waals surface area contributed by atoms with Gasteiger partial charge < -0.3 is 15.4 Å². The predicted molar refractivity (Wildman–Crippen MR) is 149 cm³/mol. The summed E-state index contributed by atoms with van der Waals surface area (Å²) < 4.78 is 6.14. The van der Waals surface area contributed by atoms with Crippen molar-refractivity contribution in [1.82, 2.24) is 20.8 Å². The van der Waals surface area contributed by atoms with Crippen molar-refractivity contribution in [3.05, 3.63) is 82.9 Å². The molecule has 3 aromatic carbocycles. The highest BCUT2D eigenvalue weighted by Crippen LogP contribution is 2.31. The first-order chi connectivity index (χ1) is 18.0. The van der Waals surface area contributed by atoms with Crippen LogP contribution in [0.2, 0.25) is 5.02 Å². The normalized spacial score (nSPS) is 15.1. The SMILES string of the molecule is CC(C)CC(NC(=O)c1ccc2[nH]nc(-c3ccc(OC4CCNCC4)cc3)c2c1)c1ccccc1Cl. The highest BCUT2D eigenvalue weighted by molar-refractivity contribution is 6.31. The van der Waals surface area contributed by atoms with Gasteiger partial charge in [-0.05, 0) is 92.4 Å². The summed E-state index contributed by atoms with van der Waals surface area (Å²) in [6, 6.07) is 21.2. The van der Waals surface area contributed by atoms with Crippen molar-refractivity contribution in [2.75, 3.05) is 13.1 Å². The predicted octanol–water partition coefficient (Wildman–Crippen LogP) is 6.53. The number of nitrogens with one attached hydrogen (secondary N) is 3. The maximum atomic E-state index is 13.4. The number of hydrogen-bond donors (Lipinski definition) is 3. The molecular formula is C30H33ClN4O2. The monoisotopic (exact) mass is 516 g/mol. The molecule has 7 heteroatoms. The van der Waals surface area contributed by atoms with Crippen molar-refractivity contribution >= 4 is 28.4 Å². The van der Waals surface area contributed by atoms with Crippen LogP contribution in [0.3, 0.4) is 0 Å². The number of amides is 1. The molecule has 2 heterocycles. The number of ether oxygens (including phenoxy) is 1. The van der Waals surface area contributed by atoms with Crippen LogP contribution < -0.4 is 15.4 Å². The molecule has 1 aliphatic rings. The van der Waals surface area contributed by atoms with Crippen molar-refractivity contribution in [2.45, 2.75) is 45.3 Å². The first-order valence-electron chi connectivity index (χ1n) is 13.0. The molecular weight excluding hydrogens is 484 g/mol. The molecule has 5 rings (SSSR count). The summed E-state index contributed by atoms with van der Waals surface area (Å²) in [7, 11) is 0. The molecule has 4 aromatic rings. The molecule has 0 bridgehead atoms. The summed E-state index contributed by atoms with van der Waals surface area (Å²) in [4.78, 5) is 13.4. The molecule has 1 saturated heterocycles. The molecule has 0 radical (unpaired) electrons. The van der Waals surface area contributed by atoms with Crippen LogP contribution in [0.25, 0.3) is 22.2 Å². The minimum atomic E-state index is -0.173. The lowest BCUT2D eigenvalue weighted by molar-refractivity contribution is 0.0932. The fourth-order valence-electron chi connectivity index (χ4n) is 4.91. The fourth-order valence-corrected chi connectivity index (χ4v) is 5.17. The molecule has 1 amide bonds. The number of halogens is 1.